The van der Waals surface area contributed by atoms with Gasteiger partial charge in [0, 0.05) is 58.4 Å². The Morgan fingerprint density at radius 3 is 1.21 bits per heavy atom. The predicted octanol–water partition coefficient (Wildman–Crippen LogP) is 7.25. The third kappa shape index (κ3) is 17.7. The standard InChI is InChI=1S/C30H50FN3O9.C29H48FN3O9/c1-15-13-17(3)41-26(22(15)36)43-25-19(5)23(37)29(8,31)27(39)42-20(11-10-12-33-34-32)30(9,40)24(38)18(4)21(35)16(2)14-28(25,6)7;1-14-12-16(3)40-25(21(14)35)42-24-18(5)22(36)28(8,30)26(38)41-19(10-11-32-33-31)29(9,39)23(37)17(4)20(34)15(2)13-27(24,6)7/h15-20,22,24-26,36,38,40H,10-14H2,1-9H3;14-19,21,23-25,35,37,39H,10-13H2,1-9H3/t15?,16-,17?,18+,19+,20-,22?,24-,25-,26?,29+,30-;14?,15-,16?,17+,18+,19-,21?,23-,24-,25?,28+,29-/m11/s1. The smallest absolute Gasteiger partial charge is 0.351 e. The Balaban J connectivity index is 0.000000445. The topological polar surface area (TPSA) is 377 Å². The summed E-state index contributed by atoms with van der Waals surface area (Å²) in [6, 6.07) is 0. The third-order valence-electron chi connectivity index (χ3n) is 18.2. The lowest BCUT2D eigenvalue weighted by molar-refractivity contribution is -0.284. The first-order chi connectivity index (χ1) is 38.9. The molecule has 4 aliphatic rings. The number of ketones is 4. The molecule has 24 nitrogen and oxygen atoms in total. The Bertz CT molecular complexity index is 2430. The van der Waals surface area contributed by atoms with Crippen molar-refractivity contribution in [1.29, 1.82) is 0 Å². The van der Waals surface area contributed by atoms with Gasteiger partial charge >= 0.3 is 11.9 Å². The highest BCUT2D eigenvalue weighted by atomic mass is 19.1. The summed E-state index contributed by atoms with van der Waals surface area (Å²) in [4.78, 5) is 86.3. The molecule has 85 heavy (non-hydrogen) atoms. The molecule has 0 amide bonds. The number of hydrogen-bond donors (Lipinski definition) is 6. The molecule has 4 saturated heterocycles. The van der Waals surface area contributed by atoms with Crippen LogP contribution in [0.4, 0.5) is 8.78 Å². The van der Waals surface area contributed by atoms with Crippen LogP contribution in [0.25, 0.3) is 20.9 Å². The summed E-state index contributed by atoms with van der Waals surface area (Å²) in [5.41, 5.74) is 4.36. The molecule has 26 heteroatoms. The molecule has 4 fully saturated rings. The maximum atomic E-state index is 16.2. The van der Waals surface area contributed by atoms with Crippen LogP contribution in [0.15, 0.2) is 10.2 Å². The fraction of sp³-hybridized carbons (Fsp3) is 0.898. The highest BCUT2D eigenvalue weighted by Gasteiger charge is 2.57. The van der Waals surface area contributed by atoms with Crippen LogP contribution in [0, 0.1) is 58.2 Å². The van der Waals surface area contributed by atoms with Gasteiger partial charge in [0.25, 0.3) is 11.3 Å². The minimum atomic E-state index is -3.21. The lowest BCUT2D eigenvalue weighted by Gasteiger charge is -2.45. The summed E-state index contributed by atoms with van der Waals surface area (Å²) in [7, 11) is 0. The van der Waals surface area contributed by atoms with Crippen molar-refractivity contribution in [2.24, 2.45) is 68.4 Å². The van der Waals surface area contributed by atoms with Crippen molar-refractivity contribution in [1.82, 2.24) is 0 Å². The van der Waals surface area contributed by atoms with Crippen molar-refractivity contribution in [3.05, 3.63) is 20.9 Å². The first kappa shape index (κ1) is 75.0. The maximum absolute atomic E-state index is 16.2. The summed E-state index contributed by atoms with van der Waals surface area (Å²) in [5, 5.41) is 73.5. The molecule has 0 radical (unpaired) electrons. The van der Waals surface area contributed by atoms with Crippen molar-refractivity contribution in [2.45, 2.75) is 266 Å². The van der Waals surface area contributed by atoms with E-state index in [1.54, 1.807) is 41.5 Å². The van der Waals surface area contributed by atoms with E-state index in [4.69, 9.17) is 39.5 Å². The van der Waals surface area contributed by atoms with E-state index in [0.29, 0.717) is 12.8 Å². The third-order valence-corrected chi connectivity index (χ3v) is 18.2. The quantitative estimate of drug-likeness (QED) is 0.0296. The zero-order valence-electron chi connectivity index (χ0n) is 52.9. The minimum absolute atomic E-state index is 0.0362. The summed E-state index contributed by atoms with van der Waals surface area (Å²) < 4.78 is 67.4. The van der Waals surface area contributed by atoms with Gasteiger partial charge in [-0.2, -0.15) is 0 Å². The largest absolute Gasteiger partial charge is 0.457 e. The van der Waals surface area contributed by atoms with E-state index in [9.17, 15) is 59.4 Å². The molecule has 6 N–H and O–H groups in total. The van der Waals surface area contributed by atoms with Crippen molar-refractivity contribution in [3.63, 3.8) is 0 Å². The second-order valence-corrected chi connectivity index (χ2v) is 27.0. The number of nitrogens with zero attached hydrogens (tertiary/aromatic N) is 6. The Hall–Kier alpha value is -4.30. The number of carbonyl (C=O) groups excluding carboxylic acids is 6. The van der Waals surface area contributed by atoms with Crippen LogP contribution in [-0.2, 0) is 57.2 Å². The van der Waals surface area contributed by atoms with Gasteiger partial charge in [0.15, 0.2) is 24.1 Å². The lowest BCUT2D eigenvalue weighted by atomic mass is 9.69. The second-order valence-electron chi connectivity index (χ2n) is 27.0. The lowest BCUT2D eigenvalue weighted by Crippen LogP contribution is -2.59. The molecule has 4 heterocycles. The van der Waals surface area contributed by atoms with E-state index in [1.807, 2.05) is 27.7 Å². The van der Waals surface area contributed by atoms with Crippen molar-refractivity contribution in [3.8, 4) is 0 Å². The molecular weight excluding hydrogens is 1120 g/mol. The Morgan fingerprint density at radius 2 is 0.871 bits per heavy atom. The normalized spacial score (nSPS) is 43.7. The molecule has 0 spiro atoms. The first-order valence-corrected chi connectivity index (χ1v) is 29.7. The van der Waals surface area contributed by atoms with Gasteiger partial charge in [-0.05, 0) is 120 Å². The van der Waals surface area contributed by atoms with Crippen LogP contribution in [0.1, 0.15) is 170 Å². The van der Waals surface area contributed by atoms with E-state index in [-0.39, 0.29) is 75.0 Å². The van der Waals surface area contributed by atoms with Crippen molar-refractivity contribution in [2.75, 3.05) is 13.1 Å². The molecule has 0 saturated carbocycles. The summed E-state index contributed by atoms with van der Waals surface area (Å²) in [6.07, 6.45) is -12.7. The second kappa shape index (κ2) is 29.8. The molecule has 486 valence electrons. The fourth-order valence-electron chi connectivity index (χ4n) is 13.0. The van der Waals surface area contributed by atoms with Crippen LogP contribution in [0.2, 0.25) is 0 Å². The predicted molar refractivity (Wildman–Crippen MR) is 304 cm³/mol. The van der Waals surface area contributed by atoms with E-state index in [0.717, 1.165) is 20.8 Å². The van der Waals surface area contributed by atoms with E-state index in [2.05, 4.69) is 20.1 Å². The fourth-order valence-corrected chi connectivity index (χ4v) is 13.0. The Morgan fingerprint density at radius 1 is 0.541 bits per heavy atom. The molecule has 4 aliphatic heterocycles. The Labute approximate surface area is 498 Å². The highest BCUT2D eigenvalue weighted by Crippen LogP contribution is 2.45. The number of cyclic esters (lactones) is 2. The molecule has 0 aliphatic carbocycles. The van der Waals surface area contributed by atoms with E-state index < -0.39 is 160 Å². The van der Waals surface area contributed by atoms with Crippen LogP contribution in [-0.4, -0.2) is 175 Å². The molecule has 0 aromatic heterocycles. The number of esters is 2. The molecule has 0 aromatic carbocycles. The average Bonchev–Trinajstić information content (AvgIpc) is 1.95. The average molecular weight is 1220 g/mol. The van der Waals surface area contributed by atoms with E-state index in [1.165, 1.54) is 34.6 Å². The van der Waals surface area contributed by atoms with Crippen molar-refractivity contribution < 1.29 is 96.6 Å². The molecule has 4 rings (SSSR count). The highest BCUT2D eigenvalue weighted by molar-refractivity contribution is 6.08. The number of hydrogen-bond acceptors (Lipinski definition) is 20. The maximum Gasteiger partial charge on any atom is 0.351 e. The van der Waals surface area contributed by atoms with E-state index >= 15 is 8.78 Å². The number of halogens is 2. The number of aliphatic hydroxyl groups excluding tert-OH is 4. The number of carbonyl (C=O) groups is 6. The number of ether oxygens (including phenoxy) is 6. The number of alkyl halides is 2. The van der Waals surface area contributed by atoms with Gasteiger partial charge in [0.05, 0.1) is 36.6 Å². The Kier molecular flexibility index (Phi) is 26.3. The van der Waals surface area contributed by atoms with Crippen molar-refractivity contribution >= 4 is 35.1 Å². The van der Waals surface area contributed by atoms with Gasteiger partial charge in [0.2, 0.25) is 0 Å². The van der Waals surface area contributed by atoms with Gasteiger partial charge < -0.3 is 59.1 Å². The summed E-state index contributed by atoms with van der Waals surface area (Å²) >= 11 is 0. The zero-order valence-corrected chi connectivity index (χ0v) is 52.9. The molecule has 8 unspecified atom stereocenters. The monoisotopic (exact) mass is 1220 g/mol. The molecular formula is C59H98F2N6O18. The zero-order chi connectivity index (χ0) is 65.4. The number of aliphatic hydroxyl groups is 6. The molecule has 0 aromatic rings. The molecule has 24 atom stereocenters. The van der Waals surface area contributed by atoms with Gasteiger partial charge in [-0.3, -0.25) is 19.2 Å². The number of azide groups is 2. The summed E-state index contributed by atoms with van der Waals surface area (Å²) in [6.45, 7) is 26.8. The first-order valence-electron chi connectivity index (χ1n) is 29.7. The summed E-state index contributed by atoms with van der Waals surface area (Å²) in [5.74, 6) is -12.9. The van der Waals surface area contributed by atoms with Gasteiger partial charge in [-0.1, -0.05) is 93.3 Å². The number of rotatable bonds is 11. The van der Waals surface area contributed by atoms with Crippen LogP contribution in [0.3, 0.4) is 0 Å². The SMILES string of the molecule is CC1CC(C)C(O)C(O[C@@H]2[C@@H](C)C(=O)[C@](C)(F)C(=O)O[C@H](CCCN=[N+]=[N-])[C@@](C)(O)[C@H](O)[C@@H](C)C(=O)[C@H](C)CC2(C)C)O1.CC1CC(C)C(O)C(O[C@@H]2[C@@H](C)C(=O)[C@](C)(F)C(=O)O[C@H](CCN=[N+]=[N-])[C@@](C)(O)[C@H](O)[C@@H](C)C(=O)[C@H](C)CC2(C)C)O1. The van der Waals surface area contributed by atoms with Crippen LogP contribution >= 0.6 is 0 Å². The van der Waals surface area contributed by atoms with Gasteiger partial charge in [-0.25, -0.2) is 18.4 Å². The van der Waals surface area contributed by atoms with Crippen LogP contribution < -0.4 is 0 Å². The minimum Gasteiger partial charge on any atom is -0.457 e. The molecule has 0 bridgehead atoms. The van der Waals surface area contributed by atoms with Crippen LogP contribution in [0.5, 0.6) is 0 Å². The van der Waals surface area contributed by atoms with Gasteiger partial charge in [0.1, 0.15) is 47.2 Å². The number of Topliss-reactive ketones (excluding diaryl/α,β-unsaturated/α-hetero) is 4. The van der Waals surface area contributed by atoms with Gasteiger partial charge in [-0.15, -0.1) is 0 Å².